The first-order chi connectivity index (χ1) is 13.0. The number of ketones is 1. The highest BCUT2D eigenvalue weighted by atomic mass is 32.2. The number of carbonyl (C=O) groups is 2. The van der Waals surface area contributed by atoms with Crippen molar-refractivity contribution in [1.29, 1.82) is 0 Å². The molecule has 3 rings (SSSR count). The van der Waals surface area contributed by atoms with Crippen molar-refractivity contribution >= 4 is 32.5 Å². The van der Waals surface area contributed by atoms with E-state index in [0.29, 0.717) is 5.56 Å². The Labute approximate surface area is 156 Å². The largest absolute Gasteiger partial charge is 0.456 e. The van der Waals surface area contributed by atoms with Gasteiger partial charge < -0.3 is 4.74 Å². The lowest BCUT2D eigenvalue weighted by Gasteiger charge is -2.07. The standard InChI is InChI=1S/C20H17NO5S/c22-19(17-11-10-15-6-4-5-7-16(15)12-17)14-26-20(23)13-21-27(24,25)18-8-2-1-3-9-18/h1-12,21H,13-14H2. The van der Waals surface area contributed by atoms with Gasteiger partial charge in [-0.1, -0.05) is 54.6 Å². The van der Waals surface area contributed by atoms with Gasteiger partial charge in [-0.2, -0.15) is 4.72 Å². The van der Waals surface area contributed by atoms with Crippen LogP contribution in [0.1, 0.15) is 10.4 Å². The highest BCUT2D eigenvalue weighted by molar-refractivity contribution is 7.89. The van der Waals surface area contributed by atoms with Crippen LogP contribution in [0.2, 0.25) is 0 Å². The van der Waals surface area contributed by atoms with Crippen LogP contribution in [0, 0.1) is 0 Å². The Hall–Kier alpha value is -3.03. The topological polar surface area (TPSA) is 89.5 Å². The van der Waals surface area contributed by atoms with Gasteiger partial charge in [0.15, 0.2) is 12.4 Å². The molecule has 0 unspecified atom stereocenters. The van der Waals surface area contributed by atoms with Crippen LogP contribution in [0.5, 0.6) is 0 Å². The Morgan fingerprint density at radius 1 is 0.852 bits per heavy atom. The number of hydrogen-bond donors (Lipinski definition) is 1. The van der Waals surface area contributed by atoms with Crippen LogP contribution >= 0.6 is 0 Å². The van der Waals surface area contributed by atoms with E-state index in [9.17, 15) is 18.0 Å². The van der Waals surface area contributed by atoms with Crippen molar-refractivity contribution in [2.24, 2.45) is 0 Å². The normalized spacial score (nSPS) is 11.3. The summed E-state index contributed by atoms with van der Waals surface area (Å²) in [5.74, 6) is -1.19. The Morgan fingerprint density at radius 2 is 1.52 bits per heavy atom. The molecule has 3 aromatic rings. The van der Waals surface area contributed by atoms with E-state index in [1.54, 1.807) is 30.3 Å². The number of ether oxygens (including phenoxy) is 1. The van der Waals surface area contributed by atoms with E-state index in [1.165, 1.54) is 12.1 Å². The van der Waals surface area contributed by atoms with E-state index in [2.05, 4.69) is 4.72 Å². The molecule has 6 nitrogen and oxygen atoms in total. The molecular formula is C20H17NO5S. The molecule has 0 fully saturated rings. The van der Waals surface area contributed by atoms with Crippen molar-refractivity contribution in [3.63, 3.8) is 0 Å². The van der Waals surface area contributed by atoms with Gasteiger partial charge in [-0.25, -0.2) is 8.42 Å². The lowest BCUT2D eigenvalue weighted by molar-refractivity contribution is -0.141. The molecule has 0 aliphatic heterocycles. The molecule has 0 aromatic heterocycles. The molecule has 138 valence electrons. The predicted molar refractivity (Wildman–Crippen MR) is 101 cm³/mol. The van der Waals surface area contributed by atoms with Crippen LogP contribution in [0.3, 0.4) is 0 Å². The van der Waals surface area contributed by atoms with Crippen molar-refractivity contribution < 1.29 is 22.7 Å². The molecule has 0 heterocycles. The maximum Gasteiger partial charge on any atom is 0.321 e. The quantitative estimate of drug-likeness (QED) is 0.500. The summed E-state index contributed by atoms with van der Waals surface area (Å²) in [7, 11) is -3.81. The first kappa shape index (κ1) is 18.8. The van der Waals surface area contributed by atoms with Gasteiger partial charge in [-0.15, -0.1) is 0 Å². The minimum atomic E-state index is -3.81. The zero-order valence-electron chi connectivity index (χ0n) is 14.3. The van der Waals surface area contributed by atoms with Crippen LogP contribution in [-0.2, 0) is 19.6 Å². The van der Waals surface area contributed by atoms with Crippen LogP contribution in [0.25, 0.3) is 10.8 Å². The first-order valence-electron chi connectivity index (χ1n) is 8.18. The van der Waals surface area contributed by atoms with Crippen LogP contribution in [-0.4, -0.2) is 33.3 Å². The van der Waals surface area contributed by atoms with Crippen LogP contribution in [0.4, 0.5) is 0 Å². The summed E-state index contributed by atoms with van der Waals surface area (Å²) in [5, 5.41) is 1.91. The lowest BCUT2D eigenvalue weighted by atomic mass is 10.0. The van der Waals surface area contributed by atoms with E-state index in [4.69, 9.17) is 4.74 Å². The molecule has 0 amide bonds. The Balaban J connectivity index is 1.54. The summed E-state index contributed by atoms with van der Waals surface area (Å²) in [6.07, 6.45) is 0. The fraction of sp³-hybridized carbons (Fsp3) is 0.100. The molecule has 0 radical (unpaired) electrons. The number of rotatable bonds is 7. The number of carbonyl (C=O) groups excluding carboxylic acids is 2. The minimum absolute atomic E-state index is 0.0463. The fourth-order valence-electron chi connectivity index (χ4n) is 2.48. The van der Waals surface area contributed by atoms with E-state index in [0.717, 1.165) is 10.8 Å². The summed E-state index contributed by atoms with van der Waals surface area (Å²) in [4.78, 5) is 24.0. The number of fused-ring (bicyclic) bond motifs is 1. The van der Waals surface area contributed by atoms with E-state index in [-0.39, 0.29) is 10.7 Å². The highest BCUT2D eigenvalue weighted by Crippen LogP contribution is 2.16. The summed E-state index contributed by atoms with van der Waals surface area (Å²) in [5.41, 5.74) is 0.423. The minimum Gasteiger partial charge on any atom is -0.456 e. The monoisotopic (exact) mass is 383 g/mol. The van der Waals surface area contributed by atoms with Crippen LogP contribution in [0.15, 0.2) is 77.7 Å². The van der Waals surface area contributed by atoms with Gasteiger partial charge in [-0.3, -0.25) is 9.59 Å². The molecule has 0 saturated carbocycles. The summed E-state index contributed by atoms with van der Waals surface area (Å²) >= 11 is 0. The first-order valence-corrected chi connectivity index (χ1v) is 9.66. The summed E-state index contributed by atoms with van der Waals surface area (Å²) in [6.45, 7) is -1.01. The third-order valence-corrected chi connectivity index (χ3v) is 5.31. The second kappa shape index (κ2) is 8.11. The lowest BCUT2D eigenvalue weighted by Crippen LogP contribution is -2.31. The fourth-order valence-corrected chi connectivity index (χ4v) is 3.47. The van der Waals surface area contributed by atoms with Crippen molar-refractivity contribution in [3.8, 4) is 0 Å². The second-order valence-corrected chi connectivity index (χ2v) is 7.55. The summed E-state index contributed by atoms with van der Waals surface area (Å²) in [6, 6.07) is 20.5. The van der Waals surface area contributed by atoms with Gasteiger partial charge in [0.25, 0.3) is 0 Å². The van der Waals surface area contributed by atoms with Gasteiger partial charge in [0.1, 0.15) is 6.54 Å². The van der Waals surface area contributed by atoms with Crippen LogP contribution < -0.4 is 4.72 Å². The smallest absolute Gasteiger partial charge is 0.321 e. The number of nitrogens with one attached hydrogen (secondary N) is 1. The molecule has 0 saturated heterocycles. The van der Waals surface area contributed by atoms with Crippen molar-refractivity contribution in [2.75, 3.05) is 13.2 Å². The molecule has 0 spiro atoms. The Bertz CT molecular complexity index is 1080. The average Bonchev–Trinajstić information content (AvgIpc) is 2.70. The van der Waals surface area contributed by atoms with Crippen molar-refractivity contribution in [2.45, 2.75) is 4.90 Å². The molecule has 3 aromatic carbocycles. The highest BCUT2D eigenvalue weighted by Gasteiger charge is 2.16. The second-order valence-electron chi connectivity index (χ2n) is 5.78. The molecular weight excluding hydrogens is 366 g/mol. The van der Waals surface area contributed by atoms with Gasteiger partial charge in [0, 0.05) is 5.56 Å². The van der Waals surface area contributed by atoms with E-state index < -0.39 is 29.1 Å². The third-order valence-electron chi connectivity index (χ3n) is 3.90. The number of Topliss-reactive ketones (excluding diaryl/α,β-unsaturated/α-hetero) is 1. The molecule has 0 aliphatic carbocycles. The molecule has 0 atom stereocenters. The summed E-state index contributed by atoms with van der Waals surface area (Å²) < 4.78 is 31.1. The molecule has 0 bridgehead atoms. The molecule has 1 N–H and O–H groups in total. The van der Waals surface area contributed by atoms with E-state index >= 15 is 0 Å². The number of benzene rings is 3. The molecule has 0 aliphatic rings. The Morgan fingerprint density at radius 3 is 2.26 bits per heavy atom. The number of esters is 1. The van der Waals surface area contributed by atoms with E-state index in [1.807, 2.05) is 30.3 Å². The predicted octanol–water partition coefficient (Wildman–Crippen LogP) is 2.54. The number of hydrogen-bond acceptors (Lipinski definition) is 5. The average molecular weight is 383 g/mol. The van der Waals surface area contributed by atoms with Gasteiger partial charge in [0.05, 0.1) is 4.90 Å². The zero-order valence-corrected chi connectivity index (χ0v) is 15.1. The molecule has 7 heteroatoms. The SMILES string of the molecule is O=C(CNS(=O)(=O)c1ccccc1)OCC(=O)c1ccc2ccccc2c1. The van der Waals surface area contributed by atoms with Crippen molar-refractivity contribution in [1.82, 2.24) is 4.72 Å². The maximum atomic E-state index is 12.2. The molecule has 27 heavy (non-hydrogen) atoms. The Kier molecular flexibility index (Phi) is 5.63. The number of sulfonamides is 1. The third kappa shape index (κ3) is 4.78. The van der Waals surface area contributed by atoms with Gasteiger partial charge in [0.2, 0.25) is 10.0 Å². The maximum absolute atomic E-state index is 12.2. The van der Waals surface area contributed by atoms with Crippen molar-refractivity contribution in [3.05, 3.63) is 78.4 Å². The zero-order chi connectivity index (χ0) is 19.3. The van der Waals surface area contributed by atoms with Gasteiger partial charge in [-0.05, 0) is 29.0 Å². The van der Waals surface area contributed by atoms with Gasteiger partial charge >= 0.3 is 5.97 Å².